The number of hydrogen-bond acceptors (Lipinski definition) is 5. The van der Waals surface area contributed by atoms with Gasteiger partial charge in [-0.3, -0.25) is 14.9 Å². The summed E-state index contributed by atoms with van der Waals surface area (Å²) < 4.78 is 32.5. The molecule has 0 aliphatic carbocycles. The van der Waals surface area contributed by atoms with Crippen LogP contribution in [0.3, 0.4) is 0 Å². The number of benzene rings is 2. The molecule has 33 heavy (non-hydrogen) atoms. The molecule has 174 valence electrons. The molecule has 0 aliphatic heterocycles. The van der Waals surface area contributed by atoms with Crippen molar-refractivity contribution in [2.24, 2.45) is 5.41 Å². The van der Waals surface area contributed by atoms with Gasteiger partial charge in [-0.15, -0.1) is 0 Å². The smallest absolute Gasteiger partial charge is 0.251 e. The molecule has 1 heterocycles. The Balaban J connectivity index is 1.89. The number of rotatable bonds is 6. The Labute approximate surface area is 195 Å². The molecule has 3 aromatic rings. The van der Waals surface area contributed by atoms with E-state index >= 15 is 0 Å². The number of hydrogen-bond donors (Lipinski definition) is 2. The summed E-state index contributed by atoms with van der Waals surface area (Å²) >= 11 is 1.06. The van der Waals surface area contributed by atoms with Gasteiger partial charge < -0.3 is 10.1 Å². The average molecular weight is 474 g/mol. The molecule has 2 N–H and O–H groups in total. The molecule has 9 heteroatoms. The van der Waals surface area contributed by atoms with E-state index < -0.39 is 28.5 Å². The highest BCUT2D eigenvalue weighted by Gasteiger charge is 2.34. The van der Waals surface area contributed by atoms with Crippen molar-refractivity contribution in [2.45, 2.75) is 40.2 Å². The summed E-state index contributed by atoms with van der Waals surface area (Å²) in [5, 5.41) is 6.02. The fourth-order valence-electron chi connectivity index (χ4n) is 2.61. The number of anilines is 1. The minimum Gasteiger partial charge on any atom is -0.444 e. The normalized spacial score (nSPS) is 11.7. The molecule has 0 bridgehead atoms. The van der Waals surface area contributed by atoms with Gasteiger partial charge in [0.15, 0.2) is 5.13 Å². The monoisotopic (exact) mass is 473 g/mol. The third-order valence-corrected chi connectivity index (χ3v) is 5.48. The zero-order chi connectivity index (χ0) is 24.4. The Morgan fingerprint density at radius 3 is 1.97 bits per heavy atom. The second-order valence-electron chi connectivity index (χ2n) is 9.00. The molecule has 0 radical (unpaired) electrons. The van der Waals surface area contributed by atoms with Gasteiger partial charge in [0.1, 0.15) is 28.6 Å². The Bertz CT molecular complexity index is 1150. The van der Waals surface area contributed by atoms with Crippen LogP contribution in [0.25, 0.3) is 11.3 Å². The highest BCUT2D eigenvalue weighted by atomic mass is 32.1. The summed E-state index contributed by atoms with van der Waals surface area (Å²) in [5.41, 5.74) is -0.906. The van der Waals surface area contributed by atoms with Gasteiger partial charge in [-0.05, 0) is 62.4 Å². The first-order valence-corrected chi connectivity index (χ1v) is 11.0. The Kier molecular flexibility index (Phi) is 6.83. The van der Waals surface area contributed by atoms with Gasteiger partial charge in [-0.1, -0.05) is 32.1 Å². The summed E-state index contributed by atoms with van der Waals surface area (Å²) in [6.07, 6.45) is 0. The van der Waals surface area contributed by atoms with Crippen LogP contribution in [-0.4, -0.2) is 22.3 Å². The zero-order valence-electron chi connectivity index (χ0n) is 19.0. The van der Waals surface area contributed by atoms with Gasteiger partial charge in [0.05, 0.1) is 0 Å². The lowest BCUT2D eigenvalue weighted by Crippen LogP contribution is -2.55. The van der Waals surface area contributed by atoms with E-state index in [1.54, 1.807) is 46.8 Å². The summed E-state index contributed by atoms with van der Waals surface area (Å²) in [4.78, 5) is 29.7. The second-order valence-corrected chi connectivity index (χ2v) is 9.96. The van der Waals surface area contributed by atoms with E-state index in [2.05, 4.69) is 15.6 Å². The van der Waals surface area contributed by atoms with Crippen molar-refractivity contribution < 1.29 is 23.1 Å². The van der Waals surface area contributed by atoms with Crippen molar-refractivity contribution in [3.05, 3.63) is 60.2 Å². The number of carbonyl (C=O) groups is 2. The maximum absolute atomic E-state index is 13.4. The maximum atomic E-state index is 13.4. The number of amides is 2. The lowest BCUT2D eigenvalue weighted by molar-refractivity contribution is -0.134. The van der Waals surface area contributed by atoms with Crippen molar-refractivity contribution in [1.82, 2.24) is 10.3 Å². The largest absolute Gasteiger partial charge is 0.444 e. The molecule has 0 saturated carbocycles. The summed E-state index contributed by atoms with van der Waals surface area (Å²) in [6, 6.07) is 11.1. The summed E-state index contributed by atoms with van der Waals surface area (Å²) in [5.74, 6) is -1.17. The quantitative estimate of drug-likeness (QED) is 0.477. The Morgan fingerprint density at radius 2 is 1.42 bits per heavy atom. The first-order chi connectivity index (χ1) is 15.3. The molecule has 2 amide bonds. The molecule has 0 fully saturated rings. The molecule has 0 spiro atoms. The van der Waals surface area contributed by atoms with Gasteiger partial charge in [-0.25, -0.2) is 13.8 Å². The fourth-order valence-corrected chi connectivity index (χ4v) is 3.46. The third-order valence-electron chi connectivity index (χ3n) is 4.63. The number of nitrogens with one attached hydrogen (secondary N) is 2. The Hall–Kier alpha value is -3.33. The summed E-state index contributed by atoms with van der Waals surface area (Å²) in [7, 11) is 0. The first kappa shape index (κ1) is 24.3. The predicted octanol–water partition coefficient (Wildman–Crippen LogP) is 5.76. The number of carbonyl (C=O) groups excluding carboxylic acids is 2. The van der Waals surface area contributed by atoms with Crippen molar-refractivity contribution in [3.63, 3.8) is 0 Å². The lowest BCUT2D eigenvalue weighted by atomic mass is 9.93. The van der Waals surface area contributed by atoms with E-state index in [0.29, 0.717) is 22.1 Å². The van der Waals surface area contributed by atoms with Crippen LogP contribution in [0.15, 0.2) is 48.5 Å². The van der Waals surface area contributed by atoms with Crippen LogP contribution < -0.4 is 15.4 Å². The molecular formula is C24H25F2N3O3S. The van der Waals surface area contributed by atoms with Crippen molar-refractivity contribution in [1.29, 1.82) is 0 Å². The minimum absolute atomic E-state index is 0.231. The molecule has 0 unspecified atom stereocenters. The highest BCUT2D eigenvalue weighted by molar-refractivity contribution is 7.18. The number of ether oxygens (including phenoxy) is 1. The van der Waals surface area contributed by atoms with Gasteiger partial charge in [0.25, 0.3) is 5.91 Å². The van der Waals surface area contributed by atoms with Crippen LogP contribution in [0.4, 0.5) is 13.9 Å². The van der Waals surface area contributed by atoms with E-state index in [0.717, 1.165) is 11.3 Å². The van der Waals surface area contributed by atoms with Crippen LogP contribution in [0.5, 0.6) is 10.8 Å². The molecular weight excluding hydrogens is 448 g/mol. The molecule has 0 aliphatic rings. The number of nitrogens with zero attached hydrogens (tertiary/aromatic N) is 1. The van der Waals surface area contributed by atoms with E-state index in [4.69, 9.17) is 4.74 Å². The molecule has 1 aromatic heterocycles. The zero-order valence-corrected chi connectivity index (χ0v) is 19.8. The van der Waals surface area contributed by atoms with Crippen LogP contribution in [0.1, 0.15) is 34.6 Å². The third kappa shape index (κ3) is 6.13. The van der Waals surface area contributed by atoms with Crippen LogP contribution in [0.2, 0.25) is 0 Å². The van der Waals surface area contributed by atoms with Crippen molar-refractivity contribution in [3.8, 4) is 22.1 Å². The minimum atomic E-state index is -1.20. The van der Waals surface area contributed by atoms with Crippen LogP contribution >= 0.6 is 11.3 Å². The molecule has 2 aromatic carbocycles. The van der Waals surface area contributed by atoms with E-state index in [-0.39, 0.29) is 11.0 Å². The standard InChI is InChI=1S/C24H25F2N3O3S/c1-23(2,3)20(30)29-24(4,5)21(31)28-22-27-18(14-6-8-15(25)9-7-14)19(33-22)32-17-12-10-16(26)11-13-17/h6-13H,1-5H3,(H,29,30)(H,27,28,31). The van der Waals surface area contributed by atoms with E-state index in [9.17, 15) is 18.4 Å². The maximum Gasteiger partial charge on any atom is 0.251 e. The fraction of sp³-hybridized carbons (Fsp3) is 0.292. The van der Waals surface area contributed by atoms with Crippen molar-refractivity contribution >= 4 is 28.3 Å². The van der Waals surface area contributed by atoms with Gasteiger partial charge in [-0.2, -0.15) is 0 Å². The van der Waals surface area contributed by atoms with Gasteiger partial charge in [0.2, 0.25) is 11.0 Å². The van der Waals surface area contributed by atoms with Crippen LogP contribution in [-0.2, 0) is 9.59 Å². The Morgan fingerprint density at radius 1 is 0.879 bits per heavy atom. The van der Waals surface area contributed by atoms with E-state index in [1.165, 1.54) is 36.4 Å². The highest BCUT2D eigenvalue weighted by Crippen LogP contribution is 2.40. The molecule has 3 rings (SSSR count). The van der Waals surface area contributed by atoms with Gasteiger partial charge in [0, 0.05) is 11.0 Å². The molecule has 6 nitrogen and oxygen atoms in total. The molecule has 0 saturated heterocycles. The van der Waals surface area contributed by atoms with Crippen LogP contribution in [0, 0.1) is 17.0 Å². The second kappa shape index (κ2) is 9.27. The van der Waals surface area contributed by atoms with E-state index in [1.807, 2.05) is 0 Å². The number of aromatic nitrogens is 1. The predicted molar refractivity (Wildman–Crippen MR) is 124 cm³/mol. The van der Waals surface area contributed by atoms with Gasteiger partial charge >= 0.3 is 0 Å². The number of thiazole rings is 1. The lowest BCUT2D eigenvalue weighted by Gasteiger charge is -2.28. The topological polar surface area (TPSA) is 80.3 Å². The average Bonchev–Trinajstić information content (AvgIpc) is 3.11. The number of halogens is 2. The first-order valence-electron chi connectivity index (χ1n) is 10.2. The van der Waals surface area contributed by atoms with Crippen molar-refractivity contribution in [2.75, 3.05) is 5.32 Å². The molecule has 0 atom stereocenters. The summed E-state index contributed by atoms with van der Waals surface area (Å²) in [6.45, 7) is 8.45. The SMILES string of the molecule is CC(C)(C)C(=O)NC(C)(C)C(=O)Nc1nc(-c2ccc(F)cc2)c(Oc2ccc(F)cc2)s1.